The first-order chi connectivity index (χ1) is 12.0. The predicted octanol–water partition coefficient (Wildman–Crippen LogP) is 3.28. The van der Waals surface area contributed by atoms with E-state index in [1.807, 2.05) is 25.1 Å². The third kappa shape index (κ3) is 6.19. The molecule has 2 amide bonds. The van der Waals surface area contributed by atoms with Crippen molar-refractivity contribution in [3.63, 3.8) is 0 Å². The molecule has 2 N–H and O–H groups in total. The van der Waals surface area contributed by atoms with Crippen LogP contribution in [0.1, 0.15) is 22.7 Å². The van der Waals surface area contributed by atoms with Gasteiger partial charge in [-0.15, -0.1) is 0 Å². The van der Waals surface area contributed by atoms with Crippen molar-refractivity contribution >= 4 is 6.03 Å². The molecule has 0 aliphatic rings. The highest BCUT2D eigenvalue weighted by molar-refractivity contribution is 5.73. The maximum absolute atomic E-state index is 13.4. The quantitative estimate of drug-likeness (QED) is 0.810. The van der Waals surface area contributed by atoms with Gasteiger partial charge in [0.25, 0.3) is 0 Å². The van der Waals surface area contributed by atoms with Crippen molar-refractivity contribution in [2.75, 3.05) is 27.2 Å². The number of benzene rings is 2. The third-order valence-electron chi connectivity index (χ3n) is 4.13. The zero-order chi connectivity index (χ0) is 18.2. The zero-order valence-corrected chi connectivity index (χ0v) is 15.1. The van der Waals surface area contributed by atoms with Gasteiger partial charge in [0, 0.05) is 13.1 Å². The van der Waals surface area contributed by atoms with Gasteiger partial charge in [0.15, 0.2) is 0 Å². The van der Waals surface area contributed by atoms with Gasteiger partial charge in [-0.25, -0.2) is 9.18 Å². The minimum atomic E-state index is -0.271. The van der Waals surface area contributed by atoms with Crippen LogP contribution in [0.15, 0.2) is 48.5 Å². The molecule has 2 aromatic carbocycles. The molecule has 2 rings (SSSR count). The average Bonchev–Trinajstić information content (AvgIpc) is 2.56. The molecule has 0 heterocycles. The standard InChI is InChI=1S/C20H26FN3O/c1-15-7-9-16(10-8-15)11-12-22-20(25)23-14-19(24(2)3)17-5-4-6-18(21)13-17/h4-10,13,19H,11-12,14H2,1-3H3,(H2,22,23,25). The first-order valence-corrected chi connectivity index (χ1v) is 8.45. The Labute approximate surface area is 149 Å². The van der Waals surface area contributed by atoms with Crippen LogP contribution in [0.25, 0.3) is 0 Å². The molecule has 0 aromatic heterocycles. The minimum Gasteiger partial charge on any atom is -0.338 e. The van der Waals surface area contributed by atoms with E-state index < -0.39 is 0 Å². The topological polar surface area (TPSA) is 44.4 Å². The number of carbonyl (C=O) groups excluding carboxylic acids is 1. The van der Waals surface area contributed by atoms with Crippen molar-refractivity contribution < 1.29 is 9.18 Å². The summed E-state index contributed by atoms with van der Waals surface area (Å²) in [6, 6.07) is 14.4. The highest BCUT2D eigenvalue weighted by Crippen LogP contribution is 2.18. The predicted molar refractivity (Wildman–Crippen MR) is 99.1 cm³/mol. The van der Waals surface area contributed by atoms with Crippen molar-refractivity contribution in [2.24, 2.45) is 0 Å². The highest BCUT2D eigenvalue weighted by atomic mass is 19.1. The number of hydrogen-bond acceptors (Lipinski definition) is 2. The summed E-state index contributed by atoms with van der Waals surface area (Å²) in [5, 5.41) is 5.72. The number of likely N-dealkylation sites (N-methyl/N-ethyl adjacent to an activating group) is 1. The van der Waals surface area contributed by atoms with Crippen LogP contribution >= 0.6 is 0 Å². The zero-order valence-electron chi connectivity index (χ0n) is 15.1. The SMILES string of the molecule is Cc1ccc(CCNC(=O)NCC(c2cccc(F)c2)N(C)C)cc1. The molecule has 0 bridgehead atoms. The van der Waals surface area contributed by atoms with Gasteiger partial charge in [-0.05, 0) is 50.7 Å². The van der Waals surface area contributed by atoms with E-state index in [1.165, 1.54) is 23.3 Å². The number of halogens is 1. The highest BCUT2D eigenvalue weighted by Gasteiger charge is 2.15. The van der Waals surface area contributed by atoms with Crippen LogP contribution in [0.2, 0.25) is 0 Å². The maximum Gasteiger partial charge on any atom is 0.314 e. The average molecular weight is 343 g/mol. The Balaban J connectivity index is 1.79. The van der Waals surface area contributed by atoms with E-state index in [9.17, 15) is 9.18 Å². The Bertz CT molecular complexity index is 686. The maximum atomic E-state index is 13.4. The second-order valence-electron chi connectivity index (χ2n) is 6.41. The lowest BCUT2D eigenvalue weighted by atomic mass is 10.1. The second kappa shape index (κ2) is 9.18. The van der Waals surface area contributed by atoms with E-state index in [0.29, 0.717) is 13.1 Å². The van der Waals surface area contributed by atoms with Crippen LogP contribution < -0.4 is 10.6 Å². The Hall–Kier alpha value is -2.40. The van der Waals surface area contributed by atoms with Gasteiger partial charge < -0.3 is 15.5 Å². The molecule has 0 saturated carbocycles. The fourth-order valence-corrected chi connectivity index (χ4v) is 2.64. The van der Waals surface area contributed by atoms with Crippen molar-refractivity contribution in [3.8, 4) is 0 Å². The number of rotatable bonds is 7. The second-order valence-corrected chi connectivity index (χ2v) is 6.41. The van der Waals surface area contributed by atoms with Crippen LogP contribution in [0.3, 0.4) is 0 Å². The van der Waals surface area contributed by atoms with Gasteiger partial charge in [-0.1, -0.05) is 42.0 Å². The Kier molecular flexibility index (Phi) is 6.95. The summed E-state index contributed by atoms with van der Waals surface area (Å²) >= 11 is 0. The normalized spacial score (nSPS) is 12.0. The van der Waals surface area contributed by atoms with Crippen molar-refractivity contribution in [1.29, 1.82) is 0 Å². The molecule has 0 aliphatic carbocycles. The van der Waals surface area contributed by atoms with E-state index in [1.54, 1.807) is 6.07 Å². The molecule has 1 unspecified atom stereocenters. The summed E-state index contributed by atoms with van der Waals surface area (Å²) in [7, 11) is 3.82. The van der Waals surface area contributed by atoms with Crippen LogP contribution in [-0.4, -0.2) is 38.1 Å². The number of nitrogens with zero attached hydrogens (tertiary/aromatic N) is 1. The smallest absolute Gasteiger partial charge is 0.314 e. The number of nitrogens with one attached hydrogen (secondary N) is 2. The van der Waals surface area contributed by atoms with Crippen LogP contribution in [0.5, 0.6) is 0 Å². The lowest BCUT2D eigenvalue weighted by molar-refractivity contribution is 0.233. The molecular formula is C20H26FN3O. The number of aryl methyl sites for hydroxylation is 1. The summed E-state index contributed by atoms with van der Waals surface area (Å²) in [6.45, 7) is 3.03. The first kappa shape index (κ1) is 18.9. The summed E-state index contributed by atoms with van der Waals surface area (Å²) in [4.78, 5) is 14.0. The van der Waals surface area contributed by atoms with E-state index in [2.05, 4.69) is 41.8 Å². The molecule has 25 heavy (non-hydrogen) atoms. The molecule has 0 saturated heterocycles. The Morgan fingerprint density at radius 3 is 2.48 bits per heavy atom. The minimum absolute atomic E-state index is 0.0847. The van der Waals surface area contributed by atoms with Gasteiger partial charge in [0.05, 0.1) is 6.04 Å². The summed E-state index contributed by atoms with van der Waals surface area (Å²) in [5.41, 5.74) is 3.25. The van der Waals surface area contributed by atoms with E-state index in [4.69, 9.17) is 0 Å². The number of carbonyl (C=O) groups is 1. The molecule has 134 valence electrons. The van der Waals surface area contributed by atoms with E-state index >= 15 is 0 Å². The molecule has 0 radical (unpaired) electrons. The lowest BCUT2D eigenvalue weighted by Crippen LogP contribution is -2.41. The molecule has 0 fully saturated rings. The van der Waals surface area contributed by atoms with Gasteiger partial charge in [0.2, 0.25) is 0 Å². The molecule has 4 nitrogen and oxygen atoms in total. The third-order valence-corrected chi connectivity index (χ3v) is 4.13. The Morgan fingerprint density at radius 2 is 1.84 bits per heavy atom. The number of amides is 2. The summed E-state index contributed by atoms with van der Waals surface area (Å²) in [5.74, 6) is -0.271. The fourth-order valence-electron chi connectivity index (χ4n) is 2.64. The van der Waals surface area contributed by atoms with Gasteiger partial charge >= 0.3 is 6.03 Å². The van der Waals surface area contributed by atoms with Crippen LogP contribution in [0.4, 0.5) is 9.18 Å². The lowest BCUT2D eigenvalue weighted by Gasteiger charge is -2.25. The molecular weight excluding hydrogens is 317 g/mol. The van der Waals surface area contributed by atoms with Gasteiger partial charge in [-0.3, -0.25) is 0 Å². The molecule has 5 heteroatoms. The molecule has 2 aromatic rings. The van der Waals surface area contributed by atoms with Gasteiger partial charge in [-0.2, -0.15) is 0 Å². The Morgan fingerprint density at radius 1 is 1.12 bits per heavy atom. The van der Waals surface area contributed by atoms with Gasteiger partial charge in [0.1, 0.15) is 5.82 Å². The summed E-state index contributed by atoms with van der Waals surface area (Å²) in [6.07, 6.45) is 0.786. The fraction of sp³-hybridized carbons (Fsp3) is 0.350. The summed E-state index contributed by atoms with van der Waals surface area (Å²) < 4.78 is 13.4. The van der Waals surface area contributed by atoms with E-state index in [0.717, 1.165) is 12.0 Å². The van der Waals surface area contributed by atoms with E-state index in [-0.39, 0.29) is 17.9 Å². The number of urea groups is 1. The van der Waals surface area contributed by atoms with Crippen molar-refractivity contribution in [2.45, 2.75) is 19.4 Å². The molecule has 0 spiro atoms. The number of hydrogen-bond donors (Lipinski definition) is 2. The molecule has 1 atom stereocenters. The van der Waals surface area contributed by atoms with Crippen LogP contribution in [-0.2, 0) is 6.42 Å². The van der Waals surface area contributed by atoms with Crippen molar-refractivity contribution in [3.05, 3.63) is 71.0 Å². The van der Waals surface area contributed by atoms with Crippen molar-refractivity contribution in [1.82, 2.24) is 15.5 Å². The van der Waals surface area contributed by atoms with Crippen LogP contribution in [0, 0.1) is 12.7 Å². The largest absolute Gasteiger partial charge is 0.338 e. The first-order valence-electron chi connectivity index (χ1n) is 8.45. The molecule has 0 aliphatic heterocycles. The monoisotopic (exact) mass is 343 g/mol.